The average molecular weight is 141 g/mol. The number of ether oxygens (including phenoxy) is 1. The Morgan fingerprint density at radius 1 is 1.60 bits per heavy atom. The SMILES string of the molecule is C=C(OC)[C@H]1CCCCN1. The van der Waals surface area contributed by atoms with Crippen molar-refractivity contribution in [3.63, 3.8) is 0 Å². The number of nitrogens with one attached hydrogen (secondary N) is 1. The summed E-state index contributed by atoms with van der Waals surface area (Å²) < 4.78 is 5.03. The molecule has 10 heavy (non-hydrogen) atoms. The molecule has 1 N–H and O–H groups in total. The highest BCUT2D eigenvalue weighted by molar-refractivity contribution is 4.97. The van der Waals surface area contributed by atoms with Crippen LogP contribution in [0.1, 0.15) is 19.3 Å². The lowest BCUT2D eigenvalue weighted by Gasteiger charge is -2.23. The van der Waals surface area contributed by atoms with E-state index in [1.54, 1.807) is 7.11 Å². The van der Waals surface area contributed by atoms with Crippen molar-refractivity contribution in [1.82, 2.24) is 5.32 Å². The molecule has 1 saturated heterocycles. The van der Waals surface area contributed by atoms with Gasteiger partial charge in [-0.2, -0.15) is 0 Å². The lowest BCUT2D eigenvalue weighted by Crippen LogP contribution is -2.35. The monoisotopic (exact) mass is 141 g/mol. The van der Waals surface area contributed by atoms with Gasteiger partial charge in [-0.25, -0.2) is 0 Å². The lowest BCUT2D eigenvalue weighted by atomic mass is 10.0. The summed E-state index contributed by atoms with van der Waals surface area (Å²) in [5, 5.41) is 3.35. The van der Waals surface area contributed by atoms with Crippen LogP contribution in [0.25, 0.3) is 0 Å². The van der Waals surface area contributed by atoms with Gasteiger partial charge < -0.3 is 10.1 Å². The molecule has 0 aromatic heterocycles. The fourth-order valence-electron chi connectivity index (χ4n) is 1.27. The van der Waals surface area contributed by atoms with Crippen molar-refractivity contribution in [2.75, 3.05) is 13.7 Å². The molecular weight excluding hydrogens is 126 g/mol. The van der Waals surface area contributed by atoms with Crippen molar-refractivity contribution in [3.8, 4) is 0 Å². The summed E-state index contributed by atoms with van der Waals surface area (Å²) in [5.41, 5.74) is 0. The van der Waals surface area contributed by atoms with Gasteiger partial charge in [0.1, 0.15) is 5.76 Å². The molecule has 2 nitrogen and oxygen atoms in total. The Bertz CT molecular complexity index is 116. The molecule has 0 unspecified atom stereocenters. The number of hydrogen-bond donors (Lipinski definition) is 1. The molecule has 0 bridgehead atoms. The molecule has 1 heterocycles. The second kappa shape index (κ2) is 3.62. The Labute approximate surface area is 62.3 Å². The van der Waals surface area contributed by atoms with Crippen LogP contribution in [0.3, 0.4) is 0 Å². The van der Waals surface area contributed by atoms with E-state index < -0.39 is 0 Å². The zero-order chi connectivity index (χ0) is 7.40. The van der Waals surface area contributed by atoms with Gasteiger partial charge in [0.25, 0.3) is 0 Å². The smallest absolute Gasteiger partial charge is 0.105 e. The number of rotatable bonds is 2. The zero-order valence-electron chi connectivity index (χ0n) is 6.52. The minimum atomic E-state index is 0.402. The summed E-state index contributed by atoms with van der Waals surface area (Å²) in [5.74, 6) is 0.875. The molecule has 0 aromatic carbocycles. The highest BCUT2D eigenvalue weighted by Gasteiger charge is 2.15. The molecule has 58 valence electrons. The Morgan fingerprint density at radius 3 is 2.90 bits per heavy atom. The Hall–Kier alpha value is -0.500. The summed E-state index contributed by atoms with van der Waals surface area (Å²) in [4.78, 5) is 0. The maximum atomic E-state index is 5.03. The maximum Gasteiger partial charge on any atom is 0.105 e. The van der Waals surface area contributed by atoms with Gasteiger partial charge >= 0.3 is 0 Å². The molecule has 0 aliphatic carbocycles. The Balaban J connectivity index is 2.31. The number of piperidine rings is 1. The second-order valence-corrected chi connectivity index (χ2v) is 2.67. The van der Waals surface area contributed by atoms with Crippen LogP contribution in [0.4, 0.5) is 0 Å². The highest BCUT2D eigenvalue weighted by Crippen LogP contribution is 2.12. The van der Waals surface area contributed by atoms with E-state index in [-0.39, 0.29) is 0 Å². The molecule has 1 aliphatic rings. The number of methoxy groups -OCH3 is 1. The Morgan fingerprint density at radius 2 is 2.40 bits per heavy atom. The summed E-state index contributed by atoms with van der Waals surface area (Å²) >= 11 is 0. The van der Waals surface area contributed by atoms with Crippen LogP contribution in [-0.2, 0) is 4.74 Å². The van der Waals surface area contributed by atoms with Gasteiger partial charge in [0.2, 0.25) is 0 Å². The third-order valence-corrected chi connectivity index (χ3v) is 1.96. The van der Waals surface area contributed by atoms with Gasteiger partial charge in [0.05, 0.1) is 13.2 Å². The molecule has 1 atom stereocenters. The highest BCUT2D eigenvalue weighted by atomic mass is 16.5. The lowest BCUT2D eigenvalue weighted by molar-refractivity contribution is 0.236. The van der Waals surface area contributed by atoms with Gasteiger partial charge in [0, 0.05) is 0 Å². The summed E-state index contributed by atoms with van der Waals surface area (Å²) in [7, 11) is 1.68. The first-order valence-corrected chi connectivity index (χ1v) is 3.81. The summed E-state index contributed by atoms with van der Waals surface area (Å²) in [6.45, 7) is 4.92. The standard InChI is InChI=1S/C8H15NO/c1-7(10-2)8-5-3-4-6-9-8/h8-9H,1,3-6H2,2H3/t8-/m1/s1. The van der Waals surface area contributed by atoms with Crippen LogP contribution in [0.2, 0.25) is 0 Å². The molecule has 0 radical (unpaired) electrons. The first-order chi connectivity index (χ1) is 4.84. The molecule has 0 amide bonds. The van der Waals surface area contributed by atoms with Gasteiger partial charge in [-0.15, -0.1) is 0 Å². The van der Waals surface area contributed by atoms with Crippen molar-refractivity contribution < 1.29 is 4.74 Å². The van der Waals surface area contributed by atoms with Crippen LogP contribution < -0.4 is 5.32 Å². The van der Waals surface area contributed by atoms with Crippen molar-refractivity contribution in [2.45, 2.75) is 25.3 Å². The topological polar surface area (TPSA) is 21.3 Å². The molecule has 0 spiro atoms. The minimum Gasteiger partial charge on any atom is -0.500 e. The largest absolute Gasteiger partial charge is 0.500 e. The van der Waals surface area contributed by atoms with Gasteiger partial charge in [0.15, 0.2) is 0 Å². The van der Waals surface area contributed by atoms with Crippen molar-refractivity contribution in [2.24, 2.45) is 0 Å². The Kier molecular flexibility index (Phi) is 2.75. The third kappa shape index (κ3) is 1.74. The van der Waals surface area contributed by atoms with Crippen molar-refractivity contribution in [3.05, 3.63) is 12.3 Å². The first-order valence-electron chi connectivity index (χ1n) is 3.81. The maximum absolute atomic E-state index is 5.03. The molecular formula is C8H15NO. The van der Waals surface area contributed by atoms with Crippen molar-refractivity contribution in [1.29, 1.82) is 0 Å². The van der Waals surface area contributed by atoms with Crippen LogP contribution in [-0.4, -0.2) is 19.7 Å². The normalized spacial score (nSPS) is 25.9. The molecule has 1 aliphatic heterocycles. The molecule has 2 heteroatoms. The van der Waals surface area contributed by atoms with E-state index in [1.807, 2.05) is 0 Å². The van der Waals surface area contributed by atoms with Crippen molar-refractivity contribution >= 4 is 0 Å². The second-order valence-electron chi connectivity index (χ2n) is 2.67. The zero-order valence-corrected chi connectivity index (χ0v) is 6.52. The van der Waals surface area contributed by atoms with Crippen LogP contribution >= 0.6 is 0 Å². The average Bonchev–Trinajstić information content (AvgIpc) is 2.05. The van der Waals surface area contributed by atoms with E-state index in [0.29, 0.717) is 6.04 Å². The summed E-state index contributed by atoms with van der Waals surface area (Å²) in [6, 6.07) is 0.402. The van der Waals surface area contributed by atoms with E-state index in [2.05, 4.69) is 11.9 Å². The molecule has 1 rings (SSSR count). The number of hydrogen-bond acceptors (Lipinski definition) is 2. The fraction of sp³-hybridized carbons (Fsp3) is 0.750. The van der Waals surface area contributed by atoms with Gasteiger partial charge in [-0.05, 0) is 19.4 Å². The van der Waals surface area contributed by atoms with Crippen LogP contribution in [0.5, 0.6) is 0 Å². The first kappa shape index (κ1) is 7.61. The van der Waals surface area contributed by atoms with E-state index in [1.165, 1.54) is 19.3 Å². The predicted molar refractivity (Wildman–Crippen MR) is 41.8 cm³/mol. The van der Waals surface area contributed by atoms with Gasteiger partial charge in [-0.1, -0.05) is 13.0 Å². The van der Waals surface area contributed by atoms with E-state index >= 15 is 0 Å². The fourth-order valence-corrected chi connectivity index (χ4v) is 1.27. The van der Waals surface area contributed by atoms with Crippen LogP contribution in [0.15, 0.2) is 12.3 Å². The van der Waals surface area contributed by atoms with Crippen LogP contribution in [0, 0.1) is 0 Å². The molecule has 1 fully saturated rings. The van der Waals surface area contributed by atoms with E-state index in [4.69, 9.17) is 4.74 Å². The van der Waals surface area contributed by atoms with E-state index in [0.717, 1.165) is 12.3 Å². The molecule has 0 saturated carbocycles. The van der Waals surface area contributed by atoms with Gasteiger partial charge in [-0.3, -0.25) is 0 Å². The quantitative estimate of drug-likeness (QED) is 0.585. The third-order valence-electron chi connectivity index (χ3n) is 1.96. The summed E-state index contributed by atoms with van der Waals surface area (Å²) in [6.07, 6.45) is 3.75. The van der Waals surface area contributed by atoms with E-state index in [9.17, 15) is 0 Å². The predicted octanol–water partition coefficient (Wildman–Crippen LogP) is 1.29. The minimum absolute atomic E-state index is 0.402. The molecule has 0 aromatic rings.